The fraction of sp³-hybridized carbons (Fsp3) is 0.714. The molecule has 1 aliphatic rings. The standard InChI is InChI=1S/C14H24N4/c1-10-4-6-14(9-15,7-5-10)18-13-12(3)16-8-11(2)17-13/h8,10H,4-7,9,15H2,1-3H3,(H,17,18). The summed E-state index contributed by atoms with van der Waals surface area (Å²) in [5, 5.41) is 3.58. The maximum atomic E-state index is 6.01. The summed E-state index contributed by atoms with van der Waals surface area (Å²) < 4.78 is 0. The maximum absolute atomic E-state index is 6.01. The van der Waals surface area contributed by atoms with E-state index < -0.39 is 0 Å². The Bertz CT molecular complexity index is 408. The van der Waals surface area contributed by atoms with Crippen LogP contribution in [0.4, 0.5) is 5.82 Å². The molecule has 1 fully saturated rings. The largest absolute Gasteiger partial charge is 0.362 e. The van der Waals surface area contributed by atoms with E-state index >= 15 is 0 Å². The van der Waals surface area contributed by atoms with Gasteiger partial charge in [-0.3, -0.25) is 4.98 Å². The molecule has 0 aromatic carbocycles. The molecule has 0 bridgehead atoms. The van der Waals surface area contributed by atoms with Gasteiger partial charge in [-0.15, -0.1) is 0 Å². The van der Waals surface area contributed by atoms with Gasteiger partial charge in [0, 0.05) is 12.7 Å². The highest BCUT2D eigenvalue weighted by Gasteiger charge is 2.33. The molecule has 100 valence electrons. The Morgan fingerprint density at radius 1 is 1.39 bits per heavy atom. The van der Waals surface area contributed by atoms with Crippen molar-refractivity contribution in [2.45, 2.75) is 52.0 Å². The molecule has 0 amide bonds. The molecule has 2 rings (SSSR count). The smallest absolute Gasteiger partial charge is 0.148 e. The van der Waals surface area contributed by atoms with E-state index in [4.69, 9.17) is 5.73 Å². The van der Waals surface area contributed by atoms with E-state index in [2.05, 4.69) is 22.2 Å². The summed E-state index contributed by atoms with van der Waals surface area (Å²) in [5.74, 6) is 1.71. The van der Waals surface area contributed by atoms with Gasteiger partial charge in [-0.1, -0.05) is 6.92 Å². The Hall–Kier alpha value is -1.16. The van der Waals surface area contributed by atoms with Gasteiger partial charge in [0.05, 0.1) is 16.9 Å². The van der Waals surface area contributed by atoms with Crippen LogP contribution < -0.4 is 11.1 Å². The maximum Gasteiger partial charge on any atom is 0.148 e. The number of nitrogens with two attached hydrogens (primary N) is 1. The summed E-state index contributed by atoms with van der Waals surface area (Å²) in [6, 6.07) is 0. The predicted molar refractivity (Wildman–Crippen MR) is 74.5 cm³/mol. The number of aromatic nitrogens is 2. The van der Waals surface area contributed by atoms with E-state index in [1.807, 2.05) is 13.8 Å². The quantitative estimate of drug-likeness (QED) is 0.862. The first kappa shape index (κ1) is 13.3. The number of rotatable bonds is 3. The molecule has 1 saturated carbocycles. The Morgan fingerprint density at radius 3 is 2.67 bits per heavy atom. The molecular weight excluding hydrogens is 224 g/mol. The minimum atomic E-state index is 0.0136. The van der Waals surface area contributed by atoms with Crippen molar-refractivity contribution in [3.63, 3.8) is 0 Å². The van der Waals surface area contributed by atoms with Crippen LogP contribution in [0.1, 0.15) is 44.0 Å². The first-order chi connectivity index (χ1) is 8.54. The van der Waals surface area contributed by atoms with Crippen LogP contribution in [-0.4, -0.2) is 22.1 Å². The van der Waals surface area contributed by atoms with Crippen LogP contribution in [0.25, 0.3) is 0 Å². The van der Waals surface area contributed by atoms with Gasteiger partial charge in [0.2, 0.25) is 0 Å². The number of nitrogens with zero attached hydrogens (tertiary/aromatic N) is 2. The van der Waals surface area contributed by atoms with E-state index in [9.17, 15) is 0 Å². The molecule has 0 saturated heterocycles. The SMILES string of the molecule is Cc1cnc(C)c(NC2(CN)CCC(C)CC2)n1. The van der Waals surface area contributed by atoms with E-state index in [0.29, 0.717) is 6.54 Å². The average molecular weight is 248 g/mol. The third-order valence-corrected chi connectivity index (χ3v) is 4.08. The van der Waals surface area contributed by atoms with E-state index in [1.165, 1.54) is 12.8 Å². The van der Waals surface area contributed by atoms with Gasteiger partial charge in [-0.05, 0) is 45.4 Å². The molecule has 1 aromatic rings. The summed E-state index contributed by atoms with van der Waals surface area (Å²) in [6.07, 6.45) is 6.53. The summed E-state index contributed by atoms with van der Waals surface area (Å²) in [7, 11) is 0. The van der Waals surface area contributed by atoms with E-state index in [-0.39, 0.29) is 5.54 Å². The van der Waals surface area contributed by atoms with Crippen LogP contribution in [0.15, 0.2) is 6.20 Å². The van der Waals surface area contributed by atoms with Gasteiger partial charge in [0.25, 0.3) is 0 Å². The second kappa shape index (κ2) is 5.22. The fourth-order valence-corrected chi connectivity index (χ4v) is 2.60. The first-order valence-electron chi connectivity index (χ1n) is 6.83. The molecule has 3 N–H and O–H groups in total. The van der Waals surface area contributed by atoms with Crippen molar-refractivity contribution in [3.8, 4) is 0 Å². The van der Waals surface area contributed by atoms with E-state index in [0.717, 1.165) is 36.0 Å². The van der Waals surface area contributed by atoms with Gasteiger partial charge in [0.15, 0.2) is 0 Å². The number of hydrogen-bond acceptors (Lipinski definition) is 4. The molecule has 0 spiro atoms. The molecule has 1 heterocycles. The molecule has 0 radical (unpaired) electrons. The summed E-state index contributed by atoms with van der Waals surface area (Å²) in [6.45, 7) is 6.94. The van der Waals surface area contributed by atoms with Crippen LogP contribution >= 0.6 is 0 Å². The lowest BCUT2D eigenvalue weighted by atomic mass is 9.77. The minimum absolute atomic E-state index is 0.0136. The lowest BCUT2D eigenvalue weighted by Gasteiger charge is -2.40. The Kier molecular flexibility index (Phi) is 3.85. The number of aryl methyl sites for hydroxylation is 2. The molecule has 4 heteroatoms. The van der Waals surface area contributed by atoms with Crippen LogP contribution in [0, 0.1) is 19.8 Å². The molecular formula is C14H24N4. The molecule has 0 atom stereocenters. The van der Waals surface area contributed by atoms with Gasteiger partial charge in [-0.2, -0.15) is 0 Å². The van der Waals surface area contributed by atoms with Crippen LogP contribution in [-0.2, 0) is 0 Å². The second-order valence-electron chi connectivity index (χ2n) is 5.74. The van der Waals surface area contributed by atoms with Crippen LogP contribution in [0.3, 0.4) is 0 Å². The molecule has 1 aromatic heterocycles. The van der Waals surface area contributed by atoms with Crippen molar-refractivity contribution in [3.05, 3.63) is 17.6 Å². The average Bonchev–Trinajstić information content (AvgIpc) is 2.37. The van der Waals surface area contributed by atoms with Crippen molar-refractivity contribution < 1.29 is 0 Å². The lowest BCUT2D eigenvalue weighted by molar-refractivity contribution is 0.271. The highest BCUT2D eigenvalue weighted by Crippen LogP contribution is 2.34. The Morgan fingerprint density at radius 2 is 2.06 bits per heavy atom. The Labute approximate surface area is 109 Å². The van der Waals surface area contributed by atoms with Gasteiger partial charge in [0.1, 0.15) is 5.82 Å². The topological polar surface area (TPSA) is 63.8 Å². The van der Waals surface area contributed by atoms with Crippen molar-refractivity contribution in [2.75, 3.05) is 11.9 Å². The highest BCUT2D eigenvalue weighted by molar-refractivity contribution is 5.43. The minimum Gasteiger partial charge on any atom is -0.362 e. The zero-order valence-electron chi connectivity index (χ0n) is 11.7. The van der Waals surface area contributed by atoms with Crippen LogP contribution in [0.5, 0.6) is 0 Å². The number of nitrogens with one attached hydrogen (secondary N) is 1. The highest BCUT2D eigenvalue weighted by atomic mass is 15.1. The lowest BCUT2D eigenvalue weighted by Crippen LogP contribution is -2.48. The van der Waals surface area contributed by atoms with Crippen molar-refractivity contribution in [2.24, 2.45) is 11.7 Å². The van der Waals surface area contributed by atoms with E-state index in [1.54, 1.807) is 6.20 Å². The summed E-state index contributed by atoms with van der Waals surface area (Å²) in [5.41, 5.74) is 7.92. The second-order valence-corrected chi connectivity index (χ2v) is 5.74. The molecule has 0 unspecified atom stereocenters. The van der Waals surface area contributed by atoms with Crippen molar-refractivity contribution in [1.82, 2.24) is 9.97 Å². The summed E-state index contributed by atoms with van der Waals surface area (Å²) in [4.78, 5) is 8.91. The normalized spacial score (nSPS) is 28.1. The van der Waals surface area contributed by atoms with Crippen LogP contribution in [0.2, 0.25) is 0 Å². The predicted octanol–water partition coefficient (Wildman–Crippen LogP) is 2.41. The molecule has 0 aliphatic heterocycles. The number of anilines is 1. The molecule has 18 heavy (non-hydrogen) atoms. The fourth-order valence-electron chi connectivity index (χ4n) is 2.60. The molecule has 1 aliphatic carbocycles. The Balaban J connectivity index is 2.17. The van der Waals surface area contributed by atoms with Gasteiger partial charge >= 0.3 is 0 Å². The van der Waals surface area contributed by atoms with Gasteiger partial charge < -0.3 is 11.1 Å². The number of hydrogen-bond donors (Lipinski definition) is 2. The zero-order valence-corrected chi connectivity index (χ0v) is 11.7. The molecule has 4 nitrogen and oxygen atoms in total. The summed E-state index contributed by atoms with van der Waals surface area (Å²) >= 11 is 0. The first-order valence-corrected chi connectivity index (χ1v) is 6.83. The van der Waals surface area contributed by atoms with Gasteiger partial charge in [-0.25, -0.2) is 4.98 Å². The van der Waals surface area contributed by atoms with Crippen molar-refractivity contribution in [1.29, 1.82) is 0 Å². The van der Waals surface area contributed by atoms with Crippen molar-refractivity contribution >= 4 is 5.82 Å². The third-order valence-electron chi connectivity index (χ3n) is 4.08. The third kappa shape index (κ3) is 2.80. The monoisotopic (exact) mass is 248 g/mol. The zero-order chi connectivity index (χ0) is 13.2.